The van der Waals surface area contributed by atoms with Gasteiger partial charge in [-0.15, -0.1) is 0 Å². The largest absolute Gasteiger partial charge is 0.416 e. The van der Waals surface area contributed by atoms with Gasteiger partial charge < -0.3 is 15.4 Å². The van der Waals surface area contributed by atoms with Crippen molar-refractivity contribution >= 4 is 22.7 Å². The number of nitrogens with one attached hydrogen (secondary N) is 2. The van der Waals surface area contributed by atoms with Crippen LogP contribution in [0.4, 0.5) is 13.2 Å². The smallest absolute Gasteiger partial charge is 0.368 e. The highest BCUT2D eigenvalue weighted by Crippen LogP contribution is 2.60. The molecule has 0 unspecified atom stereocenters. The highest BCUT2D eigenvalue weighted by Gasteiger charge is 2.69. The third kappa shape index (κ3) is 3.75. The minimum absolute atomic E-state index is 0.0723. The van der Waals surface area contributed by atoms with E-state index in [-0.39, 0.29) is 41.3 Å². The predicted molar refractivity (Wildman–Crippen MR) is 105 cm³/mol. The number of benzene rings is 1. The quantitative estimate of drug-likeness (QED) is 0.732. The van der Waals surface area contributed by atoms with Gasteiger partial charge in [-0.2, -0.15) is 13.2 Å². The van der Waals surface area contributed by atoms with Crippen molar-refractivity contribution in [3.05, 3.63) is 41.6 Å². The van der Waals surface area contributed by atoms with E-state index in [0.717, 1.165) is 31.4 Å². The Balaban J connectivity index is 1.16. The molecule has 6 rings (SSSR count). The molecule has 2 bridgehead atoms. The molecule has 4 aliphatic rings. The van der Waals surface area contributed by atoms with Crippen LogP contribution in [0.1, 0.15) is 54.6 Å². The van der Waals surface area contributed by atoms with Crippen LogP contribution in [0.5, 0.6) is 0 Å². The summed E-state index contributed by atoms with van der Waals surface area (Å²) in [6.45, 7) is 0.0723. The fourth-order valence-corrected chi connectivity index (χ4v) is 4.85. The van der Waals surface area contributed by atoms with Crippen molar-refractivity contribution in [3.8, 4) is 0 Å². The number of pyridine rings is 1. The standard InChI is InChI=1S/C22H22F3N3O3/c23-22(24,25)14-5-7-16-13(8-14)4-6-17(26-16)19(30)28-21-10-20(11-21,12-21)27-18(29)9-31-15-2-1-3-15/h4-8,15H,1-3,9-12H2,(H,27,29)(H,28,30). The second-order valence-electron chi connectivity index (χ2n) is 9.06. The van der Waals surface area contributed by atoms with Crippen molar-refractivity contribution in [2.24, 2.45) is 0 Å². The van der Waals surface area contributed by atoms with Crippen molar-refractivity contribution in [1.82, 2.24) is 15.6 Å². The Labute approximate surface area is 176 Å². The second kappa shape index (κ2) is 6.91. The van der Waals surface area contributed by atoms with Gasteiger partial charge in [-0.3, -0.25) is 9.59 Å². The summed E-state index contributed by atoms with van der Waals surface area (Å²) < 4.78 is 44.1. The SMILES string of the molecule is O=C(COC1CCC1)NC12CC(NC(=O)c3ccc4cc(C(F)(F)F)ccc4n3)(C1)C2. The Hall–Kier alpha value is -2.68. The first-order chi connectivity index (χ1) is 14.7. The normalized spacial score (nSPS) is 27.1. The van der Waals surface area contributed by atoms with E-state index >= 15 is 0 Å². The van der Waals surface area contributed by atoms with E-state index in [4.69, 9.17) is 4.74 Å². The number of hydrogen-bond donors (Lipinski definition) is 2. The highest BCUT2D eigenvalue weighted by atomic mass is 19.4. The van der Waals surface area contributed by atoms with Crippen LogP contribution in [-0.2, 0) is 15.7 Å². The maximum atomic E-state index is 12.8. The summed E-state index contributed by atoms with van der Waals surface area (Å²) >= 11 is 0. The molecule has 4 aliphatic carbocycles. The molecule has 4 fully saturated rings. The van der Waals surface area contributed by atoms with Crippen molar-refractivity contribution in [3.63, 3.8) is 0 Å². The van der Waals surface area contributed by atoms with Gasteiger partial charge in [0.1, 0.15) is 12.3 Å². The van der Waals surface area contributed by atoms with Gasteiger partial charge in [-0.1, -0.05) is 6.07 Å². The summed E-state index contributed by atoms with van der Waals surface area (Å²) in [5.41, 5.74) is -0.885. The molecule has 1 aromatic carbocycles. The van der Waals surface area contributed by atoms with E-state index in [9.17, 15) is 22.8 Å². The van der Waals surface area contributed by atoms with Crippen molar-refractivity contribution in [2.75, 3.05) is 6.61 Å². The number of hydrogen-bond acceptors (Lipinski definition) is 4. The lowest BCUT2D eigenvalue weighted by molar-refractivity contribution is -0.146. The summed E-state index contributed by atoms with van der Waals surface area (Å²) in [5, 5.41) is 6.32. The summed E-state index contributed by atoms with van der Waals surface area (Å²) in [7, 11) is 0. The van der Waals surface area contributed by atoms with Crippen LogP contribution in [0.15, 0.2) is 30.3 Å². The van der Waals surface area contributed by atoms with Crippen LogP contribution in [0.3, 0.4) is 0 Å². The Morgan fingerprint density at radius 2 is 1.77 bits per heavy atom. The van der Waals surface area contributed by atoms with E-state index < -0.39 is 11.7 Å². The number of nitrogens with zero attached hydrogens (tertiary/aromatic N) is 1. The molecule has 1 heterocycles. The molecule has 164 valence electrons. The molecule has 0 aliphatic heterocycles. The van der Waals surface area contributed by atoms with Gasteiger partial charge in [0.15, 0.2) is 0 Å². The van der Waals surface area contributed by atoms with E-state index in [2.05, 4.69) is 15.6 Å². The number of rotatable bonds is 6. The molecule has 0 radical (unpaired) electrons. The van der Waals surface area contributed by atoms with Gasteiger partial charge in [-0.25, -0.2) is 4.98 Å². The minimum atomic E-state index is -4.43. The van der Waals surface area contributed by atoms with Crippen LogP contribution in [0.25, 0.3) is 10.9 Å². The van der Waals surface area contributed by atoms with Gasteiger partial charge in [0.25, 0.3) is 5.91 Å². The number of carbonyl (C=O) groups excluding carboxylic acids is 2. The fourth-order valence-electron chi connectivity index (χ4n) is 4.85. The Bertz CT molecular complexity index is 1050. The Morgan fingerprint density at radius 3 is 2.42 bits per heavy atom. The molecule has 4 saturated carbocycles. The van der Waals surface area contributed by atoms with Crippen LogP contribution >= 0.6 is 0 Å². The first-order valence-electron chi connectivity index (χ1n) is 10.4. The van der Waals surface area contributed by atoms with E-state index in [1.54, 1.807) is 0 Å². The lowest BCUT2D eigenvalue weighted by atomic mass is 9.44. The number of carbonyl (C=O) groups is 2. The summed E-state index contributed by atoms with van der Waals surface area (Å²) in [6.07, 6.45) is 0.928. The first kappa shape index (κ1) is 20.2. The Kier molecular flexibility index (Phi) is 4.51. The van der Waals surface area contributed by atoms with Crippen LogP contribution in [0.2, 0.25) is 0 Å². The molecule has 9 heteroatoms. The molecule has 6 nitrogen and oxygen atoms in total. The number of halogens is 3. The topological polar surface area (TPSA) is 80.3 Å². The average Bonchev–Trinajstić information content (AvgIpc) is 2.62. The van der Waals surface area contributed by atoms with Gasteiger partial charge >= 0.3 is 6.18 Å². The monoisotopic (exact) mass is 433 g/mol. The molecule has 1 aromatic heterocycles. The number of amides is 2. The maximum Gasteiger partial charge on any atom is 0.416 e. The molecule has 0 atom stereocenters. The molecule has 2 amide bonds. The lowest BCUT2D eigenvalue weighted by Crippen LogP contribution is -2.84. The zero-order valence-electron chi connectivity index (χ0n) is 16.7. The molecule has 0 saturated heterocycles. The third-order valence-corrected chi connectivity index (χ3v) is 6.57. The fraction of sp³-hybridized carbons (Fsp3) is 0.500. The van der Waals surface area contributed by atoms with Crippen LogP contribution < -0.4 is 10.6 Å². The van der Waals surface area contributed by atoms with Gasteiger partial charge in [-0.05, 0) is 62.8 Å². The zero-order chi connectivity index (χ0) is 21.9. The van der Waals surface area contributed by atoms with E-state index in [0.29, 0.717) is 30.2 Å². The summed E-state index contributed by atoms with van der Waals surface area (Å²) in [5.74, 6) is -0.490. The lowest BCUT2D eigenvalue weighted by Gasteiger charge is -2.70. The first-order valence-corrected chi connectivity index (χ1v) is 10.4. The average molecular weight is 433 g/mol. The van der Waals surface area contributed by atoms with E-state index in [1.165, 1.54) is 18.2 Å². The number of aromatic nitrogens is 1. The molecule has 2 N–H and O–H groups in total. The van der Waals surface area contributed by atoms with Gasteiger partial charge in [0.2, 0.25) is 5.91 Å². The zero-order valence-corrected chi connectivity index (χ0v) is 16.7. The predicted octanol–water partition coefficient (Wildman–Crippen LogP) is 3.34. The summed E-state index contributed by atoms with van der Waals surface area (Å²) in [6, 6.07) is 6.15. The molecule has 2 aromatic rings. The van der Waals surface area contributed by atoms with Crippen molar-refractivity contribution in [1.29, 1.82) is 0 Å². The Morgan fingerprint density at radius 1 is 1.06 bits per heavy atom. The van der Waals surface area contributed by atoms with Crippen LogP contribution in [-0.4, -0.2) is 40.6 Å². The molecular weight excluding hydrogens is 411 g/mol. The number of ether oxygens (including phenoxy) is 1. The number of alkyl halides is 3. The van der Waals surface area contributed by atoms with Crippen molar-refractivity contribution in [2.45, 2.75) is 61.9 Å². The van der Waals surface area contributed by atoms with Gasteiger partial charge in [0, 0.05) is 16.5 Å². The van der Waals surface area contributed by atoms with Gasteiger partial charge in [0.05, 0.1) is 17.2 Å². The number of fused-ring (bicyclic) bond motifs is 1. The molecule has 31 heavy (non-hydrogen) atoms. The third-order valence-electron chi connectivity index (χ3n) is 6.57. The second-order valence-corrected chi connectivity index (χ2v) is 9.06. The van der Waals surface area contributed by atoms with E-state index in [1.807, 2.05) is 0 Å². The maximum absolute atomic E-state index is 12.8. The highest BCUT2D eigenvalue weighted by molar-refractivity contribution is 5.96. The minimum Gasteiger partial charge on any atom is -0.368 e. The van der Waals surface area contributed by atoms with Crippen LogP contribution in [0, 0.1) is 0 Å². The summed E-state index contributed by atoms with van der Waals surface area (Å²) in [4.78, 5) is 28.9. The molecular formula is C22H22F3N3O3. The van der Waals surface area contributed by atoms with Crippen molar-refractivity contribution < 1.29 is 27.5 Å². The molecule has 0 spiro atoms.